The van der Waals surface area contributed by atoms with Crippen LogP contribution in [0.3, 0.4) is 0 Å². The van der Waals surface area contributed by atoms with Crippen molar-refractivity contribution in [3.63, 3.8) is 0 Å². The first-order chi connectivity index (χ1) is 38.5. The van der Waals surface area contributed by atoms with Crippen LogP contribution in [-0.2, 0) is 0 Å². The third-order valence-corrected chi connectivity index (χ3v) is 21.7. The molecule has 0 saturated carbocycles. The van der Waals surface area contributed by atoms with Crippen LogP contribution >= 0.6 is 0 Å². The second kappa shape index (κ2) is 27.0. The number of anilines is 6. The fourth-order valence-corrected chi connectivity index (χ4v) is 15.6. The number of hydrogen-bond acceptors (Lipinski definition) is 16. The lowest BCUT2D eigenvalue weighted by Gasteiger charge is -2.56. The summed E-state index contributed by atoms with van der Waals surface area (Å²) in [6.45, 7) is 56.1. The van der Waals surface area contributed by atoms with Crippen molar-refractivity contribution in [1.29, 1.82) is 0 Å². The van der Waals surface area contributed by atoms with Gasteiger partial charge < -0.3 is 29.8 Å². The Labute approximate surface area is 509 Å². The summed E-state index contributed by atoms with van der Waals surface area (Å²) in [6.07, 6.45) is 17.9. The van der Waals surface area contributed by atoms with Gasteiger partial charge in [-0.3, -0.25) is 19.6 Å². The molecular weight excluding hydrogens is 1030 g/mol. The van der Waals surface area contributed by atoms with E-state index in [1.807, 2.05) is 0 Å². The van der Waals surface area contributed by atoms with Crippen molar-refractivity contribution < 1.29 is 0 Å². The Hall–Kier alpha value is -3.34. The standard InChI is InChI=1S/C67H128N16/c1-26-31-38-80(50-42-60(6,7)75(22)61(8,9)43-50)56-69-54(70-57(73-56)81(39-32-27-2)51-44-62(10,11)76(23)63(12,13)45-51)68-36-35-37-79(30-5)55-71-58(82(40-33-28-3)52-46-64(14,15)77(24)65(16,17)47-52)74-59(72-55)83(41-34-29-4)53-48-66(18,19)78(25)67(20,21)49-53/h50-53H,26-49H2,1-25H3,(H,68,69,70,73). The van der Waals surface area contributed by atoms with Crippen molar-refractivity contribution >= 4 is 35.7 Å². The summed E-state index contributed by atoms with van der Waals surface area (Å²) in [5, 5.41) is 3.86. The zero-order valence-corrected chi connectivity index (χ0v) is 58.5. The second-order valence-corrected chi connectivity index (χ2v) is 31.5. The number of unbranched alkanes of at least 4 members (excludes halogenated alkanes) is 4. The zero-order chi connectivity index (χ0) is 61.9. The average Bonchev–Trinajstić information content (AvgIpc) is 3.53. The summed E-state index contributed by atoms with van der Waals surface area (Å²) < 4.78 is 0. The number of nitrogens with one attached hydrogen (secondary N) is 1. The van der Waals surface area contributed by atoms with E-state index < -0.39 is 0 Å². The van der Waals surface area contributed by atoms with Crippen LogP contribution in [0.1, 0.15) is 255 Å². The van der Waals surface area contributed by atoms with Crippen LogP contribution in [0.25, 0.3) is 0 Å². The van der Waals surface area contributed by atoms with E-state index in [9.17, 15) is 0 Å². The van der Waals surface area contributed by atoms with E-state index in [4.69, 9.17) is 29.9 Å². The van der Waals surface area contributed by atoms with Crippen molar-refractivity contribution in [2.75, 3.05) is 104 Å². The molecule has 83 heavy (non-hydrogen) atoms. The molecular formula is C67H128N16. The average molecular weight is 1160 g/mol. The lowest BCUT2D eigenvalue weighted by molar-refractivity contribution is -0.0135. The normalized spacial score (nSPS) is 23.0. The molecule has 0 unspecified atom stereocenters. The van der Waals surface area contributed by atoms with Gasteiger partial charge in [0.2, 0.25) is 35.7 Å². The van der Waals surface area contributed by atoms with Gasteiger partial charge in [-0.2, -0.15) is 29.9 Å². The first-order valence-electron chi connectivity index (χ1n) is 33.5. The van der Waals surface area contributed by atoms with Crippen LogP contribution in [0.4, 0.5) is 35.7 Å². The first kappa shape index (κ1) is 68.8. The predicted octanol–water partition coefficient (Wildman–Crippen LogP) is 13.4. The summed E-state index contributed by atoms with van der Waals surface area (Å²) in [7, 11) is 9.25. The fraction of sp³-hybridized carbons (Fsp3) is 0.910. The van der Waals surface area contributed by atoms with Gasteiger partial charge in [-0.15, -0.1) is 0 Å². The fourth-order valence-electron chi connectivity index (χ4n) is 15.6. The molecule has 0 bridgehead atoms. The Morgan fingerprint density at radius 2 is 0.566 bits per heavy atom. The molecule has 16 nitrogen and oxygen atoms in total. The maximum atomic E-state index is 5.69. The summed E-state index contributed by atoms with van der Waals surface area (Å²) in [4.78, 5) is 56.7. The number of aromatic nitrogens is 6. The molecule has 4 aliphatic rings. The van der Waals surface area contributed by atoms with Gasteiger partial charge in [-0.05, 0) is 229 Å². The minimum absolute atomic E-state index is 0.0135. The van der Waals surface area contributed by atoms with Gasteiger partial charge in [0, 0.05) is 114 Å². The Balaban J connectivity index is 1.42. The quantitative estimate of drug-likeness (QED) is 0.0854. The van der Waals surface area contributed by atoms with Crippen LogP contribution in [-0.4, -0.2) is 192 Å². The van der Waals surface area contributed by atoms with E-state index in [0.29, 0.717) is 12.5 Å². The molecule has 2 aromatic heterocycles. The second-order valence-electron chi connectivity index (χ2n) is 31.5. The van der Waals surface area contributed by atoms with E-state index in [2.05, 4.69) is 223 Å². The molecule has 6 heterocycles. The zero-order valence-electron chi connectivity index (χ0n) is 58.5. The van der Waals surface area contributed by atoms with Gasteiger partial charge >= 0.3 is 0 Å². The molecule has 476 valence electrons. The van der Waals surface area contributed by atoms with Gasteiger partial charge in [-0.1, -0.05) is 53.4 Å². The molecule has 0 atom stereocenters. The predicted molar refractivity (Wildman–Crippen MR) is 355 cm³/mol. The number of likely N-dealkylation sites (tertiary alicyclic amines) is 4. The third-order valence-electron chi connectivity index (χ3n) is 21.7. The first-order valence-corrected chi connectivity index (χ1v) is 33.5. The van der Waals surface area contributed by atoms with Crippen LogP contribution < -0.4 is 29.8 Å². The van der Waals surface area contributed by atoms with Gasteiger partial charge in [0.1, 0.15) is 0 Å². The molecule has 4 fully saturated rings. The Bertz CT molecular complexity index is 2140. The lowest BCUT2D eigenvalue weighted by atomic mass is 9.77. The van der Waals surface area contributed by atoms with E-state index in [0.717, 1.165) is 178 Å². The molecule has 0 aromatic carbocycles. The summed E-state index contributed by atoms with van der Waals surface area (Å²) in [5.74, 6) is 4.75. The van der Waals surface area contributed by atoms with Crippen LogP contribution in [0, 0.1) is 0 Å². The summed E-state index contributed by atoms with van der Waals surface area (Å²) in [5.41, 5.74) is 0.112. The molecule has 4 saturated heterocycles. The summed E-state index contributed by atoms with van der Waals surface area (Å²) >= 11 is 0. The molecule has 0 aliphatic carbocycles. The monoisotopic (exact) mass is 1160 g/mol. The van der Waals surface area contributed by atoms with Crippen LogP contribution in [0.2, 0.25) is 0 Å². The van der Waals surface area contributed by atoms with Crippen molar-refractivity contribution in [3.05, 3.63) is 0 Å². The minimum Gasteiger partial charge on any atom is -0.354 e. The molecule has 4 aliphatic heterocycles. The Morgan fingerprint density at radius 1 is 0.337 bits per heavy atom. The van der Waals surface area contributed by atoms with E-state index >= 15 is 0 Å². The molecule has 16 heteroatoms. The Morgan fingerprint density at radius 3 is 0.795 bits per heavy atom. The van der Waals surface area contributed by atoms with Crippen molar-refractivity contribution in [1.82, 2.24) is 49.5 Å². The van der Waals surface area contributed by atoms with Crippen LogP contribution in [0.5, 0.6) is 0 Å². The van der Waals surface area contributed by atoms with Crippen molar-refractivity contribution in [2.45, 2.75) is 323 Å². The third kappa shape index (κ3) is 16.1. The topological polar surface area (TPSA) is 119 Å². The number of nitrogens with zero attached hydrogens (tertiary/aromatic N) is 15. The number of rotatable bonds is 27. The molecule has 0 amide bonds. The van der Waals surface area contributed by atoms with Crippen molar-refractivity contribution in [3.8, 4) is 0 Å². The van der Waals surface area contributed by atoms with Gasteiger partial charge in [0.15, 0.2) is 0 Å². The van der Waals surface area contributed by atoms with E-state index in [-0.39, 0.29) is 68.5 Å². The maximum Gasteiger partial charge on any atom is 0.232 e. The van der Waals surface area contributed by atoms with Gasteiger partial charge in [0.25, 0.3) is 0 Å². The van der Waals surface area contributed by atoms with Gasteiger partial charge in [0.05, 0.1) is 0 Å². The summed E-state index contributed by atoms with van der Waals surface area (Å²) in [6, 6.07) is 1.15. The Kier molecular flexibility index (Phi) is 22.3. The van der Waals surface area contributed by atoms with Crippen LogP contribution in [0.15, 0.2) is 0 Å². The SMILES string of the molecule is CCCCN(c1nc(NCCCN(CC)c2nc(N(CCCC)C3CC(C)(C)N(C)C(C)(C)C3)nc(N(CCCC)C3CC(C)(C)N(C)C(C)(C)C3)n2)nc(N(CCCC)C2CC(C)(C)N(C)C(C)(C)C2)n1)C1CC(C)(C)N(C)C(C)(C)C1. The largest absolute Gasteiger partial charge is 0.354 e. The lowest BCUT2D eigenvalue weighted by Crippen LogP contribution is -2.63. The highest BCUT2D eigenvalue weighted by atomic mass is 15.4. The van der Waals surface area contributed by atoms with E-state index in [1.165, 1.54) is 0 Å². The molecule has 1 N–H and O–H groups in total. The van der Waals surface area contributed by atoms with Crippen molar-refractivity contribution in [2.24, 2.45) is 0 Å². The molecule has 6 rings (SSSR count). The molecule has 0 radical (unpaired) electrons. The molecule has 0 spiro atoms. The highest BCUT2D eigenvalue weighted by Crippen LogP contribution is 2.45. The maximum absolute atomic E-state index is 5.69. The highest BCUT2D eigenvalue weighted by molar-refractivity contribution is 5.50. The number of hydrogen-bond donors (Lipinski definition) is 1. The smallest absolute Gasteiger partial charge is 0.232 e. The van der Waals surface area contributed by atoms with E-state index in [1.54, 1.807) is 0 Å². The van der Waals surface area contributed by atoms with Gasteiger partial charge in [-0.25, -0.2) is 0 Å². The minimum atomic E-state index is 0.0135. The number of piperidine rings is 4. The molecule has 2 aromatic rings. The highest BCUT2D eigenvalue weighted by Gasteiger charge is 2.50.